The average molecular weight is 437 g/mol. The lowest BCUT2D eigenvalue weighted by Crippen LogP contribution is -2.43. The van der Waals surface area contributed by atoms with E-state index in [1.807, 2.05) is 29.8 Å². The van der Waals surface area contributed by atoms with Crippen molar-refractivity contribution >= 4 is 35.9 Å². The van der Waals surface area contributed by atoms with Crippen molar-refractivity contribution in [2.45, 2.75) is 33.2 Å². The van der Waals surface area contributed by atoms with E-state index in [2.05, 4.69) is 57.5 Å². The van der Waals surface area contributed by atoms with Crippen LogP contribution in [0.4, 0.5) is 17.3 Å². The van der Waals surface area contributed by atoms with Gasteiger partial charge in [-0.2, -0.15) is 4.99 Å². The molecule has 32 heavy (non-hydrogen) atoms. The Morgan fingerprint density at radius 2 is 2.12 bits per heavy atom. The number of fused-ring (bicyclic) bond motifs is 1. The largest absolute Gasteiger partial charge is 0.368 e. The Balaban J connectivity index is 1.58. The number of carbonyl (C=O) groups is 1. The summed E-state index contributed by atoms with van der Waals surface area (Å²) in [6.07, 6.45) is 2.81. The molecular weight excluding hydrogens is 404 g/mol. The van der Waals surface area contributed by atoms with Crippen molar-refractivity contribution in [3.05, 3.63) is 35.7 Å². The quantitative estimate of drug-likeness (QED) is 0.494. The van der Waals surface area contributed by atoms with E-state index in [9.17, 15) is 4.79 Å². The highest BCUT2D eigenvalue weighted by Crippen LogP contribution is 2.33. The highest BCUT2D eigenvalue weighted by molar-refractivity contribution is 5.98. The maximum atomic E-state index is 12.4. The fourth-order valence-electron chi connectivity index (χ4n) is 4.34. The summed E-state index contributed by atoms with van der Waals surface area (Å²) in [5, 5.41) is 9.52. The van der Waals surface area contributed by atoms with Crippen molar-refractivity contribution in [2.24, 2.45) is 15.9 Å². The number of carbonyl (C=O) groups excluding carboxylic acids is 1. The maximum absolute atomic E-state index is 12.4. The molecule has 4 rings (SSSR count). The van der Waals surface area contributed by atoms with Gasteiger partial charge in [-0.05, 0) is 49.7 Å². The minimum absolute atomic E-state index is 0.0687. The maximum Gasteiger partial charge on any atom is 0.268 e. The van der Waals surface area contributed by atoms with Crippen LogP contribution < -0.4 is 20.9 Å². The summed E-state index contributed by atoms with van der Waals surface area (Å²) < 4.78 is 2.04. The highest BCUT2D eigenvalue weighted by Gasteiger charge is 2.29. The first-order valence-electron chi connectivity index (χ1n) is 11.2. The van der Waals surface area contributed by atoms with Gasteiger partial charge in [-0.25, -0.2) is 9.98 Å². The molecule has 0 spiro atoms. The number of rotatable bonds is 5. The lowest BCUT2D eigenvalue weighted by Gasteiger charge is -2.29. The third kappa shape index (κ3) is 4.67. The topological polar surface area (TPSA) is 98.9 Å². The summed E-state index contributed by atoms with van der Waals surface area (Å²) in [7, 11) is 0. The molecule has 3 N–H and O–H groups in total. The Bertz CT molecular complexity index is 1000. The minimum atomic E-state index is -0.0687. The van der Waals surface area contributed by atoms with Crippen molar-refractivity contribution in [3.63, 3.8) is 0 Å². The van der Waals surface area contributed by atoms with E-state index in [-0.39, 0.29) is 11.9 Å². The number of nitrogens with one attached hydrogen (secondary N) is 3. The summed E-state index contributed by atoms with van der Waals surface area (Å²) >= 11 is 0. The summed E-state index contributed by atoms with van der Waals surface area (Å²) in [5.41, 5.74) is 2.66. The van der Waals surface area contributed by atoms with Crippen LogP contribution in [0.15, 0.2) is 34.4 Å². The Morgan fingerprint density at radius 3 is 2.78 bits per heavy atom. The smallest absolute Gasteiger partial charge is 0.268 e. The molecule has 4 heterocycles. The normalized spacial score (nSPS) is 19.0. The Hall–Kier alpha value is -3.20. The van der Waals surface area contributed by atoms with Gasteiger partial charge in [0.1, 0.15) is 17.3 Å². The number of nitrogens with zero attached hydrogens (tertiary/aromatic N) is 5. The lowest BCUT2D eigenvalue weighted by molar-refractivity contribution is 0.0911. The summed E-state index contributed by atoms with van der Waals surface area (Å²) in [6.45, 7) is 14.5. The molecule has 0 aromatic carbocycles. The molecule has 9 nitrogen and oxygen atoms in total. The zero-order valence-electron chi connectivity index (χ0n) is 19.1. The van der Waals surface area contributed by atoms with Crippen LogP contribution in [-0.2, 0) is 0 Å². The first kappa shape index (κ1) is 22.0. The minimum Gasteiger partial charge on any atom is -0.368 e. The van der Waals surface area contributed by atoms with Gasteiger partial charge < -0.3 is 25.4 Å². The number of pyridine rings is 1. The van der Waals surface area contributed by atoms with Crippen molar-refractivity contribution in [1.82, 2.24) is 20.2 Å². The number of anilines is 2. The summed E-state index contributed by atoms with van der Waals surface area (Å²) in [5.74, 6) is 2.16. The van der Waals surface area contributed by atoms with E-state index in [0.717, 1.165) is 49.7 Å². The standard InChI is InChI=1S/C23H32N8O/c1-15(2)11-18-14-27-22(32)19-12-16(3)21(31(18)19)29-23(24-4)28-20-6-5-17(13-26-20)30-9-7-25-8-10-30/h5-6,12-13,15,18,25H,4,7-11,14H2,1-3H3,(H,27,32)(H,26,28,29). The number of amides is 1. The highest BCUT2D eigenvalue weighted by atomic mass is 16.2. The van der Waals surface area contributed by atoms with Gasteiger partial charge in [0, 0.05) is 32.7 Å². The van der Waals surface area contributed by atoms with Gasteiger partial charge in [-0.3, -0.25) is 4.79 Å². The number of aromatic nitrogens is 2. The SMILES string of the molecule is C=NC(=Nc1c(C)cc2n1C(CC(C)C)CNC2=O)Nc1ccc(N2CCNCC2)cn1. The van der Waals surface area contributed by atoms with Crippen molar-refractivity contribution in [2.75, 3.05) is 42.9 Å². The van der Waals surface area contributed by atoms with E-state index in [0.29, 0.717) is 29.9 Å². The van der Waals surface area contributed by atoms with Crippen LogP contribution in [-0.4, -0.2) is 60.9 Å². The molecule has 1 unspecified atom stereocenters. The molecule has 2 aliphatic rings. The Labute approximate surface area is 189 Å². The van der Waals surface area contributed by atoms with Crippen LogP contribution >= 0.6 is 0 Å². The molecule has 2 aromatic heterocycles. The van der Waals surface area contributed by atoms with Crippen LogP contribution in [0.1, 0.15) is 42.4 Å². The van der Waals surface area contributed by atoms with E-state index in [4.69, 9.17) is 4.99 Å². The monoisotopic (exact) mass is 436 g/mol. The third-order valence-corrected chi connectivity index (χ3v) is 5.86. The Kier molecular flexibility index (Phi) is 6.55. The molecule has 1 saturated heterocycles. The molecular formula is C23H32N8O. The molecule has 2 aliphatic heterocycles. The molecule has 0 bridgehead atoms. The molecule has 170 valence electrons. The second-order valence-corrected chi connectivity index (χ2v) is 8.76. The molecule has 2 aromatic rings. The molecule has 1 fully saturated rings. The van der Waals surface area contributed by atoms with Crippen LogP contribution in [0.2, 0.25) is 0 Å². The number of piperazine rings is 1. The third-order valence-electron chi connectivity index (χ3n) is 5.86. The van der Waals surface area contributed by atoms with Gasteiger partial charge in [-0.1, -0.05) is 13.8 Å². The van der Waals surface area contributed by atoms with E-state index in [1.54, 1.807) is 0 Å². The van der Waals surface area contributed by atoms with Crippen molar-refractivity contribution in [3.8, 4) is 0 Å². The molecule has 9 heteroatoms. The second kappa shape index (κ2) is 9.52. The zero-order valence-corrected chi connectivity index (χ0v) is 19.1. The number of hydrogen-bond donors (Lipinski definition) is 3. The number of hydrogen-bond acceptors (Lipinski definition) is 5. The van der Waals surface area contributed by atoms with E-state index >= 15 is 0 Å². The Morgan fingerprint density at radius 1 is 1.34 bits per heavy atom. The van der Waals surface area contributed by atoms with Crippen LogP contribution in [0, 0.1) is 12.8 Å². The van der Waals surface area contributed by atoms with E-state index in [1.165, 1.54) is 0 Å². The van der Waals surface area contributed by atoms with Gasteiger partial charge in [0.25, 0.3) is 5.91 Å². The molecule has 1 amide bonds. The predicted molar refractivity (Wildman–Crippen MR) is 130 cm³/mol. The first-order chi connectivity index (χ1) is 15.5. The van der Waals surface area contributed by atoms with Gasteiger partial charge in [0.05, 0.1) is 17.9 Å². The fourth-order valence-corrected chi connectivity index (χ4v) is 4.34. The van der Waals surface area contributed by atoms with Crippen molar-refractivity contribution in [1.29, 1.82) is 0 Å². The lowest BCUT2D eigenvalue weighted by atomic mass is 10.0. The first-order valence-corrected chi connectivity index (χ1v) is 11.2. The average Bonchev–Trinajstić information content (AvgIpc) is 3.13. The van der Waals surface area contributed by atoms with Crippen LogP contribution in [0.3, 0.4) is 0 Å². The van der Waals surface area contributed by atoms with Crippen LogP contribution in [0.25, 0.3) is 0 Å². The molecule has 0 saturated carbocycles. The van der Waals surface area contributed by atoms with Gasteiger partial charge in [0.2, 0.25) is 5.96 Å². The molecule has 1 atom stereocenters. The fraction of sp³-hybridized carbons (Fsp3) is 0.478. The number of guanidine groups is 1. The van der Waals surface area contributed by atoms with Crippen molar-refractivity contribution < 1.29 is 4.79 Å². The van der Waals surface area contributed by atoms with Gasteiger partial charge in [0.15, 0.2) is 0 Å². The number of aryl methyl sites for hydroxylation is 1. The second-order valence-electron chi connectivity index (χ2n) is 8.76. The zero-order chi connectivity index (χ0) is 22.7. The summed E-state index contributed by atoms with van der Waals surface area (Å²) in [6, 6.07) is 6.02. The van der Waals surface area contributed by atoms with E-state index < -0.39 is 0 Å². The number of aliphatic imine (C=N–C) groups is 2. The van der Waals surface area contributed by atoms with Gasteiger partial charge in [-0.15, -0.1) is 0 Å². The predicted octanol–water partition coefficient (Wildman–Crippen LogP) is 2.73. The summed E-state index contributed by atoms with van der Waals surface area (Å²) in [4.78, 5) is 28.1. The van der Waals surface area contributed by atoms with Gasteiger partial charge >= 0.3 is 0 Å². The molecule has 0 radical (unpaired) electrons. The molecule has 0 aliphatic carbocycles. The van der Waals surface area contributed by atoms with Crippen LogP contribution in [0.5, 0.6) is 0 Å².